The molecule has 2 aliphatic rings. The van der Waals surface area contributed by atoms with E-state index >= 15 is 0 Å². The van der Waals surface area contributed by atoms with Crippen molar-refractivity contribution in [3.63, 3.8) is 0 Å². The van der Waals surface area contributed by atoms with Crippen molar-refractivity contribution < 1.29 is 9.59 Å². The highest BCUT2D eigenvalue weighted by Gasteiger charge is 2.30. The Balaban J connectivity index is 1.53. The van der Waals surface area contributed by atoms with Crippen LogP contribution >= 0.6 is 0 Å². The highest BCUT2D eigenvalue weighted by atomic mass is 16.2. The van der Waals surface area contributed by atoms with Crippen molar-refractivity contribution in [3.8, 4) is 0 Å². The van der Waals surface area contributed by atoms with E-state index in [1.54, 1.807) is 11.1 Å². The second-order valence-electron chi connectivity index (χ2n) is 5.45. The molecule has 2 amide bonds. The molecule has 0 spiro atoms. The Morgan fingerprint density at radius 2 is 2.20 bits per heavy atom. The molecular weight excluding hydrogens is 260 g/mol. The highest BCUT2D eigenvalue weighted by Crippen LogP contribution is 2.29. The maximum atomic E-state index is 12.0. The molecule has 2 heterocycles. The molecular formula is C12H18N6O2. The first-order valence-electron chi connectivity index (χ1n) is 6.86. The van der Waals surface area contributed by atoms with Crippen LogP contribution in [0.1, 0.15) is 19.3 Å². The molecule has 20 heavy (non-hydrogen) atoms. The third-order valence-electron chi connectivity index (χ3n) is 3.61. The Kier molecular flexibility index (Phi) is 3.39. The lowest BCUT2D eigenvalue weighted by Crippen LogP contribution is -2.34. The summed E-state index contributed by atoms with van der Waals surface area (Å²) in [7, 11) is 0. The van der Waals surface area contributed by atoms with Crippen LogP contribution < -0.4 is 11.1 Å². The fourth-order valence-corrected chi connectivity index (χ4v) is 2.26. The van der Waals surface area contributed by atoms with Gasteiger partial charge in [-0.2, -0.15) is 0 Å². The number of rotatable bonds is 4. The van der Waals surface area contributed by atoms with Crippen molar-refractivity contribution in [1.82, 2.24) is 19.9 Å². The zero-order valence-corrected chi connectivity index (χ0v) is 11.2. The minimum Gasteiger partial charge on any atom is -0.339 e. The SMILES string of the molecule is NC1CCN(C(=O)Cn2cc(NC(=O)C3CC3)nn2)C1. The minimum absolute atomic E-state index is 0.0195. The van der Waals surface area contributed by atoms with Gasteiger partial charge in [-0.15, -0.1) is 5.10 Å². The Hall–Kier alpha value is -1.96. The van der Waals surface area contributed by atoms with E-state index in [0.717, 1.165) is 19.3 Å². The van der Waals surface area contributed by atoms with Crippen LogP contribution in [0.15, 0.2) is 6.20 Å². The number of amides is 2. The van der Waals surface area contributed by atoms with E-state index in [1.807, 2.05) is 0 Å². The molecule has 1 aliphatic carbocycles. The summed E-state index contributed by atoms with van der Waals surface area (Å²) in [6.07, 6.45) is 4.29. The fraction of sp³-hybridized carbons (Fsp3) is 0.667. The van der Waals surface area contributed by atoms with Gasteiger partial charge in [0.05, 0.1) is 6.20 Å². The molecule has 2 fully saturated rings. The molecule has 8 heteroatoms. The topological polar surface area (TPSA) is 106 Å². The zero-order chi connectivity index (χ0) is 14.1. The summed E-state index contributed by atoms with van der Waals surface area (Å²) in [5, 5.41) is 10.4. The highest BCUT2D eigenvalue weighted by molar-refractivity contribution is 5.93. The number of hydrogen-bond donors (Lipinski definition) is 2. The monoisotopic (exact) mass is 278 g/mol. The Morgan fingerprint density at radius 3 is 2.85 bits per heavy atom. The third-order valence-corrected chi connectivity index (χ3v) is 3.61. The van der Waals surface area contributed by atoms with Gasteiger partial charge in [0.2, 0.25) is 11.8 Å². The smallest absolute Gasteiger partial charge is 0.244 e. The molecule has 8 nitrogen and oxygen atoms in total. The normalized spacial score (nSPS) is 22.1. The summed E-state index contributed by atoms with van der Waals surface area (Å²) in [6, 6.07) is 0.0723. The van der Waals surface area contributed by atoms with Crippen LogP contribution in [0.2, 0.25) is 0 Å². The van der Waals surface area contributed by atoms with Gasteiger partial charge in [0, 0.05) is 25.0 Å². The molecule has 1 aromatic rings. The summed E-state index contributed by atoms with van der Waals surface area (Å²) < 4.78 is 1.44. The molecule has 1 atom stereocenters. The summed E-state index contributed by atoms with van der Waals surface area (Å²) in [4.78, 5) is 25.3. The van der Waals surface area contributed by atoms with Gasteiger partial charge < -0.3 is 16.0 Å². The fourth-order valence-electron chi connectivity index (χ4n) is 2.26. The van der Waals surface area contributed by atoms with E-state index in [-0.39, 0.29) is 30.3 Å². The predicted molar refractivity (Wildman–Crippen MR) is 70.5 cm³/mol. The first-order valence-corrected chi connectivity index (χ1v) is 6.86. The van der Waals surface area contributed by atoms with Crippen molar-refractivity contribution in [1.29, 1.82) is 0 Å². The van der Waals surface area contributed by atoms with Gasteiger partial charge in [-0.1, -0.05) is 5.21 Å². The molecule has 0 aromatic carbocycles. The summed E-state index contributed by atoms with van der Waals surface area (Å²) in [5.41, 5.74) is 5.77. The number of carbonyl (C=O) groups is 2. The molecule has 1 aliphatic heterocycles. The van der Waals surface area contributed by atoms with Gasteiger partial charge in [-0.05, 0) is 19.3 Å². The molecule has 0 radical (unpaired) electrons. The van der Waals surface area contributed by atoms with E-state index in [4.69, 9.17) is 5.73 Å². The largest absolute Gasteiger partial charge is 0.339 e. The lowest BCUT2D eigenvalue weighted by atomic mass is 10.3. The molecule has 0 bridgehead atoms. The number of hydrogen-bond acceptors (Lipinski definition) is 5. The van der Waals surface area contributed by atoms with Gasteiger partial charge in [0.25, 0.3) is 0 Å². The van der Waals surface area contributed by atoms with E-state index in [0.29, 0.717) is 18.9 Å². The number of aromatic nitrogens is 3. The van der Waals surface area contributed by atoms with Gasteiger partial charge >= 0.3 is 0 Å². The Labute approximate surface area is 116 Å². The Bertz CT molecular complexity index is 524. The van der Waals surface area contributed by atoms with Crippen molar-refractivity contribution in [2.24, 2.45) is 11.7 Å². The molecule has 1 aromatic heterocycles. The standard InChI is InChI=1S/C12H18N6O2/c13-9-3-4-17(5-9)11(19)7-18-6-10(15-16-18)14-12(20)8-1-2-8/h6,8-9H,1-5,7,13H2,(H,14,20). The number of nitrogens with two attached hydrogens (primary N) is 1. The van der Waals surface area contributed by atoms with Crippen molar-refractivity contribution in [3.05, 3.63) is 6.20 Å². The second kappa shape index (κ2) is 5.20. The first kappa shape index (κ1) is 13.0. The maximum Gasteiger partial charge on any atom is 0.244 e. The quantitative estimate of drug-likeness (QED) is 0.749. The number of likely N-dealkylation sites (tertiary alicyclic amines) is 1. The molecule has 1 saturated heterocycles. The maximum absolute atomic E-state index is 12.0. The predicted octanol–water partition coefficient (Wildman–Crippen LogP) is -0.814. The van der Waals surface area contributed by atoms with Crippen LogP contribution in [0, 0.1) is 5.92 Å². The van der Waals surface area contributed by atoms with Crippen LogP contribution in [-0.2, 0) is 16.1 Å². The molecule has 1 unspecified atom stereocenters. The van der Waals surface area contributed by atoms with E-state index < -0.39 is 0 Å². The average Bonchev–Trinajstić information content (AvgIpc) is 3.04. The van der Waals surface area contributed by atoms with Crippen molar-refractivity contribution in [2.45, 2.75) is 31.8 Å². The lowest BCUT2D eigenvalue weighted by molar-refractivity contribution is -0.131. The van der Waals surface area contributed by atoms with Crippen LogP contribution in [0.25, 0.3) is 0 Å². The Morgan fingerprint density at radius 1 is 1.40 bits per heavy atom. The van der Waals surface area contributed by atoms with Crippen molar-refractivity contribution in [2.75, 3.05) is 18.4 Å². The molecule has 3 N–H and O–H groups in total. The molecule has 3 rings (SSSR count). The van der Waals surface area contributed by atoms with E-state index in [9.17, 15) is 9.59 Å². The summed E-state index contributed by atoms with van der Waals surface area (Å²) in [6.45, 7) is 1.41. The number of carbonyl (C=O) groups excluding carboxylic acids is 2. The number of nitrogens with zero attached hydrogens (tertiary/aromatic N) is 4. The zero-order valence-electron chi connectivity index (χ0n) is 11.2. The second-order valence-corrected chi connectivity index (χ2v) is 5.45. The van der Waals surface area contributed by atoms with Gasteiger partial charge in [0.15, 0.2) is 5.82 Å². The average molecular weight is 278 g/mol. The molecule has 1 saturated carbocycles. The third kappa shape index (κ3) is 2.96. The van der Waals surface area contributed by atoms with Crippen LogP contribution in [-0.4, -0.2) is 50.8 Å². The summed E-state index contributed by atoms with van der Waals surface area (Å²) >= 11 is 0. The van der Waals surface area contributed by atoms with E-state index in [1.165, 1.54) is 4.68 Å². The van der Waals surface area contributed by atoms with Crippen LogP contribution in [0.5, 0.6) is 0 Å². The number of anilines is 1. The lowest BCUT2D eigenvalue weighted by Gasteiger charge is -2.15. The van der Waals surface area contributed by atoms with Gasteiger partial charge in [-0.25, -0.2) is 4.68 Å². The van der Waals surface area contributed by atoms with Gasteiger partial charge in [-0.3, -0.25) is 9.59 Å². The number of nitrogens with one attached hydrogen (secondary N) is 1. The van der Waals surface area contributed by atoms with Gasteiger partial charge in [0.1, 0.15) is 6.54 Å². The van der Waals surface area contributed by atoms with Crippen molar-refractivity contribution >= 4 is 17.6 Å². The minimum atomic E-state index is -0.0251. The molecule has 108 valence electrons. The van der Waals surface area contributed by atoms with E-state index in [2.05, 4.69) is 15.6 Å². The first-order chi connectivity index (χ1) is 9.61. The van der Waals surface area contributed by atoms with Crippen LogP contribution in [0.4, 0.5) is 5.82 Å². The van der Waals surface area contributed by atoms with Crippen LogP contribution in [0.3, 0.4) is 0 Å². The summed E-state index contributed by atoms with van der Waals surface area (Å²) in [5.74, 6) is 0.470.